The van der Waals surface area contributed by atoms with E-state index in [0.29, 0.717) is 12.1 Å². The van der Waals surface area contributed by atoms with Gasteiger partial charge >= 0.3 is 0 Å². The quantitative estimate of drug-likeness (QED) is 0.486. The van der Waals surface area contributed by atoms with Gasteiger partial charge in [0.15, 0.2) is 0 Å². The molecule has 4 bridgehead atoms. The van der Waals surface area contributed by atoms with Gasteiger partial charge in [0.1, 0.15) is 0 Å². The van der Waals surface area contributed by atoms with Crippen LogP contribution in [0.2, 0.25) is 0 Å². The number of azo groups is 1. The molecule has 2 heterocycles. The molecule has 3 saturated carbocycles. The summed E-state index contributed by atoms with van der Waals surface area (Å²) >= 11 is 0. The van der Waals surface area contributed by atoms with Crippen molar-refractivity contribution in [2.24, 2.45) is 22.1 Å². The van der Waals surface area contributed by atoms with Crippen LogP contribution in [0.4, 0.5) is 0 Å². The third-order valence-corrected chi connectivity index (χ3v) is 3.45. The number of fused-ring (bicyclic) bond motifs is 1. The Hall–Kier alpha value is -0.400. The molecule has 3 fully saturated rings. The summed E-state index contributed by atoms with van der Waals surface area (Å²) in [5.41, 5.74) is 0. The van der Waals surface area contributed by atoms with Gasteiger partial charge in [-0.1, -0.05) is 0 Å². The van der Waals surface area contributed by atoms with Gasteiger partial charge in [0, 0.05) is 0 Å². The first kappa shape index (κ1) is 5.28. The molecule has 0 aromatic carbocycles. The molecule has 0 unspecified atom stereocenters. The van der Waals surface area contributed by atoms with Gasteiger partial charge in [0.2, 0.25) is 0 Å². The van der Waals surface area contributed by atoms with Crippen molar-refractivity contribution in [3.63, 3.8) is 0 Å². The van der Waals surface area contributed by atoms with E-state index < -0.39 is 0 Å². The van der Waals surface area contributed by atoms with Gasteiger partial charge in [-0.2, -0.15) is 10.2 Å². The average Bonchev–Trinajstić information content (AvgIpc) is 2.05. The predicted molar refractivity (Wildman–Crippen MR) is 37.9 cm³/mol. The highest BCUT2D eigenvalue weighted by Gasteiger charge is 2.44. The summed E-state index contributed by atoms with van der Waals surface area (Å²) in [6.45, 7) is 0. The molecule has 10 heavy (non-hydrogen) atoms. The van der Waals surface area contributed by atoms with Gasteiger partial charge < -0.3 is 0 Å². The lowest BCUT2D eigenvalue weighted by molar-refractivity contribution is 0.0854. The average molecular weight is 136 g/mol. The molecule has 3 aliphatic carbocycles. The molecule has 0 amide bonds. The third kappa shape index (κ3) is 0.505. The van der Waals surface area contributed by atoms with Crippen LogP contribution in [0.1, 0.15) is 25.7 Å². The van der Waals surface area contributed by atoms with E-state index in [-0.39, 0.29) is 0 Å². The molecule has 0 aromatic heterocycles. The summed E-state index contributed by atoms with van der Waals surface area (Å²) in [5.74, 6) is 1.85. The van der Waals surface area contributed by atoms with Gasteiger partial charge in [-0.3, -0.25) is 0 Å². The van der Waals surface area contributed by atoms with Crippen molar-refractivity contribution >= 4 is 0 Å². The molecule has 2 heteroatoms. The Balaban J connectivity index is 2.04. The van der Waals surface area contributed by atoms with Gasteiger partial charge in [-0.05, 0) is 37.5 Å². The summed E-state index contributed by atoms with van der Waals surface area (Å²) in [5, 5.41) is 8.61. The Morgan fingerprint density at radius 2 is 1.30 bits per heavy atom. The third-order valence-electron chi connectivity index (χ3n) is 3.45. The van der Waals surface area contributed by atoms with E-state index in [0.717, 1.165) is 11.8 Å². The van der Waals surface area contributed by atoms with Crippen LogP contribution in [0.15, 0.2) is 10.2 Å². The predicted octanol–water partition coefficient (Wildman–Crippen LogP) is 2.01. The number of nitrogens with zero attached hydrogens (tertiary/aromatic N) is 2. The zero-order valence-electron chi connectivity index (χ0n) is 6.03. The van der Waals surface area contributed by atoms with E-state index in [9.17, 15) is 0 Å². The van der Waals surface area contributed by atoms with Crippen LogP contribution in [0.3, 0.4) is 0 Å². The zero-order chi connectivity index (χ0) is 6.55. The zero-order valence-corrected chi connectivity index (χ0v) is 6.03. The van der Waals surface area contributed by atoms with Crippen LogP contribution in [-0.2, 0) is 0 Å². The van der Waals surface area contributed by atoms with Crippen molar-refractivity contribution in [2.75, 3.05) is 0 Å². The Kier molecular flexibility index (Phi) is 0.846. The highest BCUT2D eigenvalue weighted by molar-refractivity contribution is 5.00. The molecule has 5 rings (SSSR count). The standard InChI is InChI=1S/C8H12N2/c1-2-6-4-7-5(1)3-8(6)10-9-7/h5-8H,1-4H2/t5-,6+,7+,8-. The van der Waals surface area contributed by atoms with E-state index >= 15 is 0 Å². The molecule has 0 spiro atoms. The smallest absolute Gasteiger partial charge is 0.0740 e. The van der Waals surface area contributed by atoms with E-state index in [2.05, 4.69) is 10.2 Å². The van der Waals surface area contributed by atoms with Crippen LogP contribution in [0, 0.1) is 11.8 Å². The normalized spacial score (nSPS) is 56.0. The Labute approximate surface area is 60.7 Å². The fourth-order valence-corrected chi connectivity index (χ4v) is 2.82. The highest BCUT2D eigenvalue weighted by Crippen LogP contribution is 2.47. The highest BCUT2D eigenvalue weighted by atomic mass is 15.2. The van der Waals surface area contributed by atoms with Gasteiger partial charge in [0.05, 0.1) is 12.1 Å². The largest absolute Gasteiger partial charge is 0.190 e. The van der Waals surface area contributed by atoms with E-state index in [1.165, 1.54) is 25.7 Å². The summed E-state index contributed by atoms with van der Waals surface area (Å²) in [7, 11) is 0. The summed E-state index contributed by atoms with van der Waals surface area (Å²) in [6, 6.07) is 1.28. The van der Waals surface area contributed by atoms with Crippen LogP contribution in [-0.4, -0.2) is 12.1 Å². The number of hydrogen-bond donors (Lipinski definition) is 0. The Bertz CT molecular complexity index is 168. The lowest BCUT2D eigenvalue weighted by atomic mass is 9.65. The first-order chi connectivity index (χ1) is 4.93. The minimum absolute atomic E-state index is 0.642. The Morgan fingerprint density at radius 1 is 0.800 bits per heavy atom. The maximum absolute atomic E-state index is 4.31. The van der Waals surface area contributed by atoms with E-state index in [4.69, 9.17) is 0 Å². The number of rotatable bonds is 0. The van der Waals surface area contributed by atoms with Crippen molar-refractivity contribution in [2.45, 2.75) is 37.8 Å². The fraction of sp³-hybridized carbons (Fsp3) is 1.00. The topological polar surface area (TPSA) is 24.7 Å². The molecule has 4 atom stereocenters. The molecule has 5 aliphatic rings. The van der Waals surface area contributed by atoms with E-state index in [1.807, 2.05) is 0 Å². The van der Waals surface area contributed by atoms with Crippen LogP contribution in [0.5, 0.6) is 0 Å². The number of hydrogen-bond acceptors (Lipinski definition) is 2. The van der Waals surface area contributed by atoms with Gasteiger partial charge in [-0.25, -0.2) is 0 Å². The van der Waals surface area contributed by atoms with Crippen molar-refractivity contribution in [3.05, 3.63) is 0 Å². The molecule has 0 aromatic rings. The van der Waals surface area contributed by atoms with E-state index in [1.54, 1.807) is 0 Å². The SMILES string of the molecule is C1C[C@H]2C[C@@H]3N=N[C@@H]2C[C@@H]13. The fourth-order valence-electron chi connectivity index (χ4n) is 2.82. The molecular weight excluding hydrogens is 124 g/mol. The summed E-state index contributed by atoms with van der Waals surface area (Å²) in [6.07, 6.45) is 5.59. The van der Waals surface area contributed by atoms with Crippen LogP contribution >= 0.6 is 0 Å². The van der Waals surface area contributed by atoms with Gasteiger partial charge in [0.25, 0.3) is 0 Å². The molecule has 2 nitrogen and oxygen atoms in total. The van der Waals surface area contributed by atoms with Crippen molar-refractivity contribution in [1.29, 1.82) is 0 Å². The first-order valence-corrected chi connectivity index (χ1v) is 4.33. The second-order valence-electron chi connectivity index (χ2n) is 3.93. The van der Waals surface area contributed by atoms with Crippen molar-refractivity contribution in [1.82, 2.24) is 0 Å². The van der Waals surface area contributed by atoms with Crippen molar-refractivity contribution in [3.8, 4) is 0 Å². The molecule has 0 radical (unpaired) electrons. The van der Waals surface area contributed by atoms with Crippen molar-refractivity contribution < 1.29 is 0 Å². The molecule has 0 saturated heterocycles. The summed E-state index contributed by atoms with van der Waals surface area (Å²) in [4.78, 5) is 0. The van der Waals surface area contributed by atoms with Crippen LogP contribution < -0.4 is 0 Å². The van der Waals surface area contributed by atoms with Crippen LogP contribution in [0.25, 0.3) is 0 Å². The Morgan fingerprint density at radius 3 is 1.60 bits per heavy atom. The maximum atomic E-state index is 4.31. The second-order valence-corrected chi connectivity index (χ2v) is 3.93. The lowest BCUT2D eigenvalue weighted by Crippen LogP contribution is -2.45. The minimum atomic E-state index is 0.642. The molecule has 54 valence electrons. The maximum Gasteiger partial charge on any atom is 0.0740 e. The monoisotopic (exact) mass is 136 g/mol. The molecular formula is C8H12N2. The first-order valence-electron chi connectivity index (χ1n) is 4.33. The second kappa shape index (κ2) is 1.60. The van der Waals surface area contributed by atoms with Gasteiger partial charge in [-0.15, -0.1) is 0 Å². The summed E-state index contributed by atoms with van der Waals surface area (Å²) < 4.78 is 0. The minimum Gasteiger partial charge on any atom is -0.190 e. The molecule has 2 aliphatic heterocycles. The lowest BCUT2D eigenvalue weighted by Gasteiger charge is -2.46. The molecule has 0 N–H and O–H groups in total.